The zero-order valence-electron chi connectivity index (χ0n) is 13.4. The average molecular weight is 414 g/mol. The third kappa shape index (κ3) is 3.42. The molecule has 26 heavy (non-hydrogen) atoms. The molecule has 0 spiro atoms. The van der Waals surface area contributed by atoms with Crippen molar-refractivity contribution in [3.05, 3.63) is 61.2 Å². The van der Waals surface area contributed by atoms with Crippen molar-refractivity contribution in [2.45, 2.75) is 6.92 Å². The number of ketones is 1. The number of pyridine rings is 1. The number of aromatic amines is 1. The minimum absolute atomic E-state index is 0.0744. The standard InChI is InChI=1S/C17H12Cl3N3O3/c1-7(24)14-16(25)10-4-9(19)6-13(23-26)15(10)22-17(14)21-12-3-2-8(18)5-11(12)20/h2-6,23,26H,1H3,(H2,21,22,25)/p+1. The molecule has 0 amide bonds. The van der Waals surface area contributed by atoms with Crippen molar-refractivity contribution >= 4 is 68.7 Å². The third-order valence-electron chi connectivity index (χ3n) is 3.79. The maximum Gasteiger partial charge on any atom is 0.202 e. The Hall–Kier alpha value is -2.09. The van der Waals surface area contributed by atoms with Crippen molar-refractivity contribution in [2.75, 3.05) is 5.32 Å². The van der Waals surface area contributed by atoms with Gasteiger partial charge in [0.15, 0.2) is 11.5 Å². The van der Waals surface area contributed by atoms with Crippen LogP contribution in [0.25, 0.3) is 10.9 Å². The maximum atomic E-state index is 12.9. The Kier molecular flexibility index (Phi) is 5.22. The number of rotatable bonds is 4. The number of Topliss-reactive ketones (excluding diaryl/α,β-unsaturated/α-hetero) is 1. The van der Waals surface area contributed by atoms with Gasteiger partial charge in [0.25, 0.3) is 0 Å². The average Bonchev–Trinajstić information content (AvgIpc) is 2.57. The molecule has 0 atom stereocenters. The van der Waals surface area contributed by atoms with Crippen LogP contribution < -0.4 is 16.2 Å². The van der Waals surface area contributed by atoms with Crippen LogP contribution in [0.2, 0.25) is 15.1 Å². The van der Waals surface area contributed by atoms with Gasteiger partial charge in [0.05, 0.1) is 16.1 Å². The number of halogens is 3. The SMILES string of the molecule is CC(=O)c1c(Nc2ccc(Cl)cc2Cl)[nH]c2c([NH2+]O)cc(Cl)cc2c1=O. The summed E-state index contributed by atoms with van der Waals surface area (Å²) in [6.07, 6.45) is 0. The highest BCUT2D eigenvalue weighted by Crippen LogP contribution is 2.30. The number of anilines is 2. The van der Waals surface area contributed by atoms with Crippen molar-refractivity contribution in [2.24, 2.45) is 0 Å². The Morgan fingerprint density at radius 3 is 2.50 bits per heavy atom. The zero-order chi connectivity index (χ0) is 19.0. The summed E-state index contributed by atoms with van der Waals surface area (Å²) in [6, 6.07) is 7.71. The second-order valence-corrected chi connectivity index (χ2v) is 6.84. The monoisotopic (exact) mass is 412 g/mol. The van der Waals surface area contributed by atoms with E-state index in [0.717, 1.165) is 5.48 Å². The fourth-order valence-corrected chi connectivity index (χ4v) is 3.32. The fraction of sp³-hybridized carbons (Fsp3) is 0.0588. The minimum atomic E-state index is -0.510. The topological polar surface area (TPSA) is 98.8 Å². The van der Waals surface area contributed by atoms with Crippen LogP contribution in [0.3, 0.4) is 0 Å². The molecule has 0 bridgehead atoms. The van der Waals surface area contributed by atoms with Gasteiger partial charge in [-0.05, 0) is 31.2 Å². The van der Waals surface area contributed by atoms with E-state index in [1.807, 2.05) is 0 Å². The first-order valence-corrected chi connectivity index (χ1v) is 8.55. The first kappa shape index (κ1) is 18.7. The second-order valence-electron chi connectivity index (χ2n) is 5.56. The number of aromatic nitrogens is 1. The summed E-state index contributed by atoms with van der Waals surface area (Å²) >= 11 is 18.0. The molecule has 3 rings (SSSR count). The highest BCUT2D eigenvalue weighted by Gasteiger charge is 2.20. The Morgan fingerprint density at radius 1 is 1.15 bits per heavy atom. The van der Waals surface area contributed by atoms with Crippen LogP contribution in [-0.4, -0.2) is 16.0 Å². The maximum absolute atomic E-state index is 12.9. The largest absolute Gasteiger partial charge is 0.340 e. The van der Waals surface area contributed by atoms with Crippen LogP contribution in [0.5, 0.6) is 0 Å². The molecular weight excluding hydrogens is 401 g/mol. The van der Waals surface area contributed by atoms with E-state index < -0.39 is 11.2 Å². The molecule has 6 nitrogen and oxygen atoms in total. The number of benzene rings is 2. The number of carbonyl (C=O) groups is 1. The van der Waals surface area contributed by atoms with Crippen LogP contribution in [0.4, 0.5) is 17.2 Å². The van der Waals surface area contributed by atoms with Crippen molar-refractivity contribution in [3.8, 4) is 0 Å². The van der Waals surface area contributed by atoms with Gasteiger partial charge in [0.1, 0.15) is 16.9 Å². The number of nitrogens with two attached hydrogens (primary N) is 1. The second kappa shape index (κ2) is 7.26. The van der Waals surface area contributed by atoms with Crippen molar-refractivity contribution in [3.63, 3.8) is 0 Å². The van der Waals surface area contributed by atoms with Crippen LogP contribution in [0.15, 0.2) is 35.1 Å². The molecular formula is C17H13Cl3N3O3+. The summed E-state index contributed by atoms with van der Waals surface area (Å²) < 4.78 is 0. The van der Waals surface area contributed by atoms with Crippen molar-refractivity contribution in [1.82, 2.24) is 4.98 Å². The van der Waals surface area contributed by atoms with E-state index in [1.54, 1.807) is 12.1 Å². The smallest absolute Gasteiger partial charge is 0.202 e. The summed E-state index contributed by atoms with van der Waals surface area (Å²) in [5.41, 5.74) is 1.34. The van der Waals surface area contributed by atoms with Crippen LogP contribution in [0.1, 0.15) is 17.3 Å². The Morgan fingerprint density at radius 2 is 1.88 bits per heavy atom. The van der Waals surface area contributed by atoms with Gasteiger partial charge in [-0.15, -0.1) is 0 Å². The first-order chi connectivity index (χ1) is 12.3. The van der Waals surface area contributed by atoms with E-state index >= 15 is 0 Å². The molecule has 2 aromatic carbocycles. The molecule has 0 saturated heterocycles. The number of fused-ring (bicyclic) bond motifs is 1. The summed E-state index contributed by atoms with van der Waals surface area (Å²) in [6.45, 7) is 1.29. The summed E-state index contributed by atoms with van der Waals surface area (Å²) in [5.74, 6) is -0.278. The van der Waals surface area contributed by atoms with E-state index in [4.69, 9.17) is 34.8 Å². The van der Waals surface area contributed by atoms with Gasteiger partial charge in [-0.1, -0.05) is 34.8 Å². The van der Waals surface area contributed by atoms with Gasteiger partial charge >= 0.3 is 0 Å². The minimum Gasteiger partial charge on any atom is -0.340 e. The van der Waals surface area contributed by atoms with Crippen molar-refractivity contribution in [1.29, 1.82) is 0 Å². The lowest BCUT2D eigenvalue weighted by atomic mass is 10.1. The van der Waals surface area contributed by atoms with E-state index in [9.17, 15) is 14.8 Å². The van der Waals surface area contributed by atoms with E-state index in [2.05, 4.69) is 10.3 Å². The van der Waals surface area contributed by atoms with Gasteiger partial charge in [-0.25, -0.2) is 5.21 Å². The number of carbonyl (C=O) groups excluding carboxylic acids is 1. The van der Waals surface area contributed by atoms with E-state index in [1.165, 1.54) is 25.1 Å². The first-order valence-electron chi connectivity index (χ1n) is 7.41. The highest BCUT2D eigenvalue weighted by atomic mass is 35.5. The normalized spacial score (nSPS) is 11.0. The molecule has 0 radical (unpaired) electrons. The Balaban J connectivity index is 2.30. The number of quaternary nitrogens is 1. The van der Waals surface area contributed by atoms with Crippen molar-refractivity contribution < 1.29 is 15.5 Å². The Labute approximate surface area is 162 Å². The molecule has 5 N–H and O–H groups in total. The molecule has 0 aliphatic rings. The predicted octanol–water partition coefficient (Wildman–Crippen LogP) is 4.02. The predicted molar refractivity (Wildman–Crippen MR) is 103 cm³/mol. The number of H-pyrrole nitrogens is 1. The van der Waals surface area contributed by atoms with Crippen LogP contribution in [0, 0.1) is 0 Å². The molecule has 0 fully saturated rings. The lowest BCUT2D eigenvalue weighted by Gasteiger charge is -2.14. The summed E-state index contributed by atoms with van der Waals surface area (Å²) in [7, 11) is 0. The zero-order valence-corrected chi connectivity index (χ0v) is 15.6. The van der Waals surface area contributed by atoms with Gasteiger partial charge in [0, 0.05) is 16.1 Å². The van der Waals surface area contributed by atoms with Gasteiger partial charge in [-0.2, -0.15) is 5.48 Å². The molecule has 9 heteroatoms. The molecule has 0 unspecified atom stereocenters. The molecule has 0 saturated carbocycles. The quantitative estimate of drug-likeness (QED) is 0.295. The summed E-state index contributed by atoms with van der Waals surface area (Å²) in [4.78, 5) is 27.9. The Bertz CT molecular complexity index is 1100. The van der Waals surface area contributed by atoms with Gasteiger partial charge < -0.3 is 10.3 Å². The lowest BCUT2D eigenvalue weighted by molar-refractivity contribution is -0.824. The molecule has 134 valence electrons. The number of hydrogen-bond donors (Lipinski definition) is 4. The van der Waals surface area contributed by atoms with Gasteiger partial charge in [-0.3, -0.25) is 9.59 Å². The van der Waals surface area contributed by atoms with Crippen LogP contribution in [-0.2, 0) is 0 Å². The highest BCUT2D eigenvalue weighted by molar-refractivity contribution is 6.36. The van der Waals surface area contributed by atoms with E-state index in [0.29, 0.717) is 26.9 Å². The molecule has 1 heterocycles. The molecule has 0 aliphatic heterocycles. The molecule has 3 aromatic rings. The number of hydrogen-bond acceptors (Lipinski definition) is 4. The van der Waals surface area contributed by atoms with Gasteiger partial charge in [0.2, 0.25) is 5.43 Å². The summed E-state index contributed by atoms with van der Waals surface area (Å²) in [5, 5.41) is 13.6. The molecule has 0 aliphatic carbocycles. The van der Waals surface area contributed by atoms with E-state index in [-0.39, 0.29) is 21.8 Å². The fourth-order valence-electron chi connectivity index (χ4n) is 2.64. The third-order valence-corrected chi connectivity index (χ3v) is 4.55. The lowest BCUT2D eigenvalue weighted by Crippen LogP contribution is -2.73. The van der Waals surface area contributed by atoms with Crippen LogP contribution >= 0.6 is 34.8 Å². The molecule has 1 aromatic heterocycles. The number of nitrogens with one attached hydrogen (secondary N) is 2.